The van der Waals surface area contributed by atoms with Gasteiger partial charge in [-0.05, 0) is 43.6 Å². The Morgan fingerprint density at radius 1 is 1.40 bits per heavy atom. The first-order valence-electron chi connectivity index (χ1n) is 6.40. The third-order valence-corrected chi connectivity index (χ3v) is 3.94. The molecule has 0 radical (unpaired) electrons. The lowest BCUT2D eigenvalue weighted by molar-refractivity contribution is -0.0591. The molecular weight excluding hydrogens is 186 g/mol. The number of hydrogen-bond donors (Lipinski definition) is 2. The van der Waals surface area contributed by atoms with Crippen LogP contribution in [-0.4, -0.2) is 17.3 Å². The van der Waals surface area contributed by atoms with Gasteiger partial charge in [0.15, 0.2) is 0 Å². The SMILES string of the molecule is CC(C)CC1CCCC(O)(C(C)CN)C1. The molecule has 1 aliphatic carbocycles. The van der Waals surface area contributed by atoms with Crippen LogP contribution in [0.5, 0.6) is 0 Å². The van der Waals surface area contributed by atoms with Crippen LogP contribution in [0.3, 0.4) is 0 Å². The summed E-state index contributed by atoms with van der Waals surface area (Å²) in [5.41, 5.74) is 5.20. The van der Waals surface area contributed by atoms with Gasteiger partial charge in [0, 0.05) is 0 Å². The summed E-state index contributed by atoms with van der Waals surface area (Å²) in [5, 5.41) is 10.5. The van der Waals surface area contributed by atoms with E-state index in [9.17, 15) is 5.11 Å². The smallest absolute Gasteiger partial charge is 0.0687 e. The van der Waals surface area contributed by atoms with Gasteiger partial charge < -0.3 is 10.8 Å². The zero-order valence-corrected chi connectivity index (χ0v) is 10.5. The van der Waals surface area contributed by atoms with Crippen molar-refractivity contribution < 1.29 is 5.11 Å². The van der Waals surface area contributed by atoms with Crippen molar-refractivity contribution in [2.45, 2.75) is 58.5 Å². The zero-order chi connectivity index (χ0) is 11.5. The van der Waals surface area contributed by atoms with Crippen LogP contribution >= 0.6 is 0 Å². The topological polar surface area (TPSA) is 46.2 Å². The van der Waals surface area contributed by atoms with Gasteiger partial charge in [-0.15, -0.1) is 0 Å². The summed E-state index contributed by atoms with van der Waals surface area (Å²) in [4.78, 5) is 0. The molecule has 0 saturated heterocycles. The maximum atomic E-state index is 10.5. The minimum absolute atomic E-state index is 0.243. The van der Waals surface area contributed by atoms with Crippen LogP contribution in [0, 0.1) is 17.8 Å². The lowest BCUT2D eigenvalue weighted by atomic mass is 9.70. The molecule has 0 aromatic heterocycles. The number of hydrogen-bond acceptors (Lipinski definition) is 2. The van der Waals surface area contributed by atoms with E-state index < -0.39 is 5.60 Å². The third kappa shape index (κ3) is 3.46. The van der Waals surface area contributed by atoms with Crippen LogP contribution in [-0.2, 0) is 0 Å². The van der Waals surface area contributed by atoms with Crippen molar-refractivity contribution in [3.05, 3.63) is 0 Å². The van der Waals surface area contributed by atoms with Crippen LogP contribution in [0.15, 0.2) is 0 Å². The minimum atomic E-state index is -0.480. The summed E-state index contributed by atoms with van der Waals surface area (Å²) in [5.74, 6) is 1.69. The number of nitrogens with two attached hydrogens (primary N) is 1. The van der Waals surface area contributed by atoms with E-state index in [1.807, 2.05) is 0 Å². The van der Waals surface area contributed by atoms with Gasteiger partial charge in [0.2, 0.25) is 0 Å². The molecule has 90 valence electrons. The highest BCUT2D eigenvalue weighted by atomic mass is 16.3. The lowest BCUT2D eigenvalue weighted by Gasteiger charge is -2.41. The van der Waals surface area contributed by atoms with Gasteiger partial charge in [-0.3, -0.25) is 0 Å². The average molecular weight is 213 g/mol. The first-order valence-corrected chi connectivity index (χ1v) is 6.40. The van der Waals surface area contributed by atoms with E-state index in [2.05, 4.69) is 20.8 Å². The van der Waals surface area contributed by atoms with Gasteiger partial charge in [-0.25, -0.2) is 0 Å². The van der Waals surface area contributed by atoms with Gasteiger partial charge in [-0.2, -0.15) is 0 Å². The summed E-state index contributed by atoms with van der Waals surface area (Å²) >= 11 is 0. The van der Waals surface area contributed by atoms with E-state index in [1.54, 1.807) is 0 Å². The highest BCUT2D eigenvalue weighted by molar-refractivity contribution is 4.90. The largest absolute Gasteiger partial charge is 0.390 e. The summed E-state index contributed by atoms with van der Waals surface area (Å²) in [6.07, 6.45) is 5.61. The second-order valence-electron chi connectivity index (χ2n) is 5.83. The number of rotatable bonds is 4. The van der Waals surface area contributed by atoms with Crippen LogP contribution in [0.4, 0.5) is 0 Å². The van der Waals surface area contributed by atoms with Gasteiger partial charge in [-0.1, -0.05) is 33.6 Å². The van der Waals surface area contributed by atoms with E-state index in [1.165, 1.54) is 12.8 Å². The summed E-state index contributed by atoms with van der Waals surface area (Å²) in [7, 11) is 0. The number of aliphatic hydroxyl groups is 1. The molecule has 0 amide bonds. The Morgan fingerprint density at radius 3 is 2.60 bits per heavy atom. The maximum Gasteiger partial charge on any atom is 0.0687 e. The van der Waals surface area contributed by atoms with E-state index in [-0.39, 0.29) is 5.92 Å². The summed E-state index contributed by atoms with van der Waals surface area (Å²) in [6.45, 7) is 7.21. The third-order valence-electron chi connectivity index (χ3n) is 3.94. The van der Waals surface area contributed by atoms with Crippen molar-refractivity contribution in [3.63, 3.8) is 0 Å². The van der Waals surface area contributed by atoms with Crippen LogP contribution in [0.1, 0.15) is 52.9 Å². The molecule has 0 spiro atoms. The van der Waals surface area contributed by atoms with Crippen molar-refractivity contribution in [3.8, 4) is 0 Å². The molecule has 15 heavy (non-hydrogen) atoms. The molecule has 3 N–H and O–H groups in total. The molecule has 0 heterocycles. The van der Waals surface area contributed by atoms with Crippen molar-refractivity contribution in [1.29, 1.82) is 0 Å². The van der Waals surface area contributed by atoms with Gasteiger partial charge in [0.1, 0.15) is 0 Å². The predicted molar refractivity (Wildman–Crippen MR) is 64.6 cm³/mol. The Labute approximate surface area is 94.2 Å². The first-order chi connectivity index (χ1) is 6.98. The zero-order valence-electron chi connectivity index (χ0n) is 10.5. The quantitative estimate of drug-likeness (QED) is 0.754. The van der Waals surface area contributed by atoms with Crippen molar-refractivity contribution in [2.24, 2.45) is 23.5 Å². The molecule has 3 atom stereocenters. The average Bonchev–Trinajstić information content (AvgIpc) is 2.15. The monoisotopic (exact) mass is 213 g/mol. The highest BCUT2D eigenvalue weighted by Gasteiger charge is 2.38. The fourth-order valence-electron chi connectivity index (χ4n) is 2.94. The van der Waals surface area contributed by atoms with Gasteiger partial charge in [0.05, 0.1) is 5.60 Å². The molecule has 0 aromatic carbocycles. The molecule has 3 unspecified atom stereocenters. The Kier molecular flexibility index (Phi) is 4.60. The molecule has 1 fully saturated rings. The molecule has 2 nitrogen and oxygen atoms in total. The van der Waals surface area contributed by atoms with E-state index >= 15 is 0 Å². The maximum absolute atomic E-state index is 10.5. The molecule has 1 saturated carbocycles. The Balaban J connectivity index is 2.54. The predicted octanol–water partition coefficient (Wildman–Crippen LogP) is 2.55. The summed E-state index contributed by atoms with van der Waals surface area (Å²) in [6, 6.07) is 0. The molecule has 2 heteroatoms. The van der Waals surface area contributed by atoms with Gasteiger partial charge >= 0.3 is 0 Å². The Morgan fingerprint density at radius 2 is 2.07 bits per heavy atom. The molecule has 1 rings (SSSR count). The van der Waals surface area contributed by atoms with E-state index in [0.717, 1.165) is 25.2 Å². The second-order valence-corrected chi connectivity index (χ2v) is 5.83. The standard InChI is InChI=1S/C13H27NO/c1-10(2)7-12-5-4-6-13(15,8-12)11(3)9-14/h10-12,15H,4-9,14H2,1-3H3. The van der Waals surface area contributed by atoms with Crippen molar-refractivity contribution in [2.75, 3.05) is 6.54 Å². The highest BCUT2D eigenvalue weighted by Crippen LogP contribution is 2.39. The van der Waals surface area contributed by atoms with E-state index in [4.69, 9.17) is 5.73 Å². The lowest BCUT2D eigenvalue weighted by Crippen LogP contribution is -2.44. The summed E-state index contributed by atoms with van der Waals surface area (Å²) < 4.78 is 0. The van der Waals surface area contributed by atoms with Crippen LogP contribution < -0.4 is 5.73 Å². The van der Waals surface area contributed by atoms with E-state index in [0.29, 0.717) is 12.5 Å². The molecule has 0 aliphatic heterocycles. The van der Waals surface area contributed by atoms with Gasteiger partial charge in [0.25, 0.3) is 0 Å². The normalized spacial score (nSPS) is 34.4. The Hall–Kier alpha value is -0.0800. The molecule has 0 aromatic rings. The fourth-order valence-corrected chi connectivity index (χ4v) is 2.94. The molecular formula is C13H27NO. The van der Waals surface area contributed by atoms with Crippen LogP contribution in [0.25, 0.3) is 0 Å². The fraction of sp³-hybridized carbons (Fsp3) is 1.00. The Bertz CT molecular complexity index is 193. The minimum Gasteiger partial charge on any atom is -0.390 e. The first kappa shape index (κ1) is 13.0. The second kappa shape index (κ2) is 5.31. The van der Waals surface area contributed by atoms with Crippen molar-refractivity contribution in [1.82, 2.24) is 0 Å². The molecule has 1 aliphatic rings. The van der Waals surface area contributed by atoms with Crippen LogP contribution in [0.2, 0.25) is 0 Å². The van der Waals surface area contributed by atoms with Crippen molar-refractivity contribution >= 4 is 0 Å². The molecule has 0 bridgehead atoms.